The molecule has 0 bridgehead atoms. The molecule has 3 aliphatic rings. The van der Waals surface area contributed by atoms with Crippen LogP contribution in [-0.4, -0.2) is 30.9 Å². The van der Waals surface area contributed by atoms with Crippen LogP contribution in [0.15, 0.2) is 59.7 Å². The Hall–Kier alpha value is -2.96. The van der Waals surface area contributed by atoms with Gasteiger partial charge in [0.25, 0.3) is 0 Å². The summed E-state index contributed by atoms with van der Waals surface area (Å²) in [4.78, 5) is 11.8. The fourth-order valence-electron chi connectivity index (χ4n) is 6.86. The second-order valence-electron chi connectivity index (χ2n) is 12.9. The second kappa shape index (κ2) is 10.5. The Balaban J connectivity index is 1.46. The van der Waals surface area contributed by atoms with Gasteiger partial charge in [-0.05, 0) is 84.4 Å². The zero-order chi connectivity index (χ0) is 28.9. The van der Waals surface area contributed by atoms with Gasteiger partial charge < -0.3 is 19.3 Å². The highest BCUT2D eigenvalue weighted by Gasteiger charge is 2.62. The Morgan fingerprint density at radius 1 is 1.18 bits per heavy atom. The summed E-state index contributed by atoms with van der Waals surface area (Å²) in [6, 6.07) is 11.2. The summed E-state index contributed by atoms with van der Waals surface area (Å²) in [5.74, 6) is -1.18. The molecule has 0 aromatic heterocycles. The molecule has 0 amide bonds. The number of hydrogen-bond donors (Lipinski definition) is 1. The lowest BCUT2D eigenvalue weighted by atomic mass is 9.71. The number of carbonyl (C=O) groups is 1. The van der Waals surface area contributed by atoms with E-state index in [1.54, 1.807) is 25.3 Å². The van der Waals surface area contributed by atoms with Crippen LogP contribution in [0.4, 0.5) is 4.39 Å². The number of carboxylic acids is 1. The van der Waals surface area contributed by atoms with Crippen LogP contribution >= 0.6 is 0 Å². The molecule has 2 fully saturated rings. The van der Waals surface area contributed by atoms with Gasteiger partial charge in [0.15, 0.2) is 11.6 Å². The van der Waals surface area contributed by atoms with Crippen LogP contribution in [0.3, 0.4) is 0 Å². The molecule has 3 aliphatic carbocycles. The molecule has 2 aromatic rings. The number of aliphatic carboxylic acids is 1. The van der Waals surface area contributed by atoms with E-state index in [-0.39, 0.29) is 28.6 Å². The monoisotopic (exact) mass is 548 g/mol. The lowest BCUT2D eigenvalue weighted by molar-refractivity contribution is -0.139. The molecule has 4 atom stereocenters. The molecule has 1 spiro atoms. The maximum Gasteiger partial charge on any atom is 0.307 e. The fourth-order valence-corrected chi connectivity index (χ4v) is 6.86. The number of halogens is 1. The van der Waals surface area contributed by atoms with Crippen molar-refractivity contribution in [2.45, 2.75) is 78.1 Å². The molecule has 0 radical (unpaired) electrons. The van der Waals surface area contributed by atoms with E-state index in [2.05, 4.69) is 45.9 Å². The van der Waals surface area contributed by atoms with Crippen molar-refractivity contribution in [3.05, 3.63) is 76.6 Å². The quantitative estimate of drug-likeness (QED) is 0.362. The molecule has 0 saturated heterocycles. The number of methoxy groups -OCH3 is 2. The molecular formula is C34H41FO5. The fraction of sp³-hybridized carbons (Fsp3) is 0.500. The summed E-state index contributed by atoms with van der Waals surface area (Å²) < 4.78 is 33.2. The maximum atomic E-state index is 15.4. The number of allylic oxidation sites excluding steroid dienone is 2. The summed E-state index contributed by atoms with van der Waals surface area (Å²) in [5.41, 5.74) is 4.59. The average Bonchev–Trinajstić information content (AvgIpc) is 3.63. The number of rotatable bonds is 8. The van der Waals surface area contributed by atoms with Crippen molar-refractivity contribution in [1.29, 1.82) is 0 Å². The molecule has 2 saturated carbocycles. The smallest absolute Gasteiger partial charge is 0.307 e. The van der Waals surface area contributed by atoms with Gasteiger partial charge in [0.1, 0.15) is 0 Å². The summed E-state index contributed by atoms with van der Waals surface area (Å²) in [7, 11) is 3.16. The van der Waals surface area contributed by atoms with Crippen LogP contribution in [0.1, 0.15) is 77.0 Å². The molecule has 0 aliphatic heterocycles. The normalized spacial score (nSPS) is 26.5. The van der Waals surface area contributed by atoms with Crippen LogP contribution in [0.2, 0.25) is 0 Å². The highest BCUT2D eigenvalue weighted by atomic mass is 19.1. The van der Waals surface area contributed by atoms with E-state index >= 15 is 4.39 Å². The first-order valence-electron chi connectivity index (χ1n) is 14.2. The third-order valence-electron chi connectivity index (χ3n) is 8.99. The van der Waals surface area contributed by atoms with Crippen molar-refractivity contribution in [3.8, 4) is 16.9 Å². The molecule has 5 rings (SSSR count). The van der Waals surface area contributed by atoms with E-state index in [1.807, 2.05) is 12.1 Å². The van der Waals surface area contributed by atoms with Gasteiger partial charge in [0, 0.05) is 18.1 Å². The van der Waals surface area contributed by atoms with Gasteiger partial charge in [-0.15, -0.1) is 0 Å². The van der Waals surface area contributed by atoms with Crippen LogP contribution in [0, 0.1) is 22.6 Å². The van der Waals surface area contributed by atoms with Gasteiger partial charge in [0.05, 0.1) is 31.3 Å². The first-order chi connectivity index (χ1) is 18.9. The number of ether oxygens (including phenoxy) is 3. The lowest BCUT2D eigenvalue weighted by Crippen LogP contribution is -2.32. The Morgan fingerprint density at radius 3 is 2.60 bits per heavy atom. The van der Waals surface area contributed by atoms with E-state index in [4.69, 9.17) is 14.2 Å². The van der Waals surface area contributed by atoms with Crippen molar-refractivity contribution in [2.24, 2.45) is 16.7 Å². The van der Waals surface area contributed by atoms with Crippen LogP contribution in [0.5, 0.6) is 5.75 Å². The Morgan fingerprint density at radius 2 is 1.95 bits per heavy atom. The minimum Gasteiger partial charge on any atom is -0.494 e. The number of fused-ring (bicyclic) bond motifs is 2. The van der Waals surface area contributed by atoms with Crippen molar-refractivity contribution in [2.75, 3.05) is 14.2 Å². The predicted molar refractivity (Wildman–Crippen MR) is 154 cm³/mol. The zero-order valence-corrected chi connectivity index (χ0v) is 24.5. The largest absolute Gasteiger partial charge is 0.494 e. The minimum absolute atomic E-state index is 0.201. The van der Waals surface area contributed by atoms with E-state index in [0.29, 0.717) is 12.2 Å². The van der Waals surface area contributed by atoms with Gasteiger partial charge in [-0.1, -0.05) is 57.2 Å². The molecule has 6 heteroatoms. The van der Waals surface area contributed by atoms with Crippen LogP contribution in [0.25, 0.3) is 11.1 Å². The zero-order valence-electron chi connectivity index (χ0n) is 24.5. The van der Waals surface area contributed by atoms with Gasteiger partial charge in [0.2, 0.25) is 0 Å². The van der Waals surface area contributed by atoms with Crippen LogP contribution in [-0.2, 0) is 20.9 Å². The van der Waals surface area contributed by atoms with Gasteiger partial charge >= 0.3 is 5.97 Å². The summed E-state index contributed by atoms with van der Waals surface area (Å²) in [5, 5.41) is 9.72. The lowest BCUT2D eigenvalue weighted by Gasteiger charge is -2.37. The molecule has 0 heterocycles. The van der Waals surface area contributed by atoms with Crippen molar-refractivity contribution in [3.63, 3.8) is 0 Å². The third kappa shape index (κ3) is 5.12. The molecule has 40 heavy (non-hydrogen) atoms. The first kappa shape index (κ1) is 28.6. The van der Waals surface area contributed by atoms with Crippen molar-refractivity contribution < 1.29 is 28.5 Å². The highest BCUT2D eigenvalue weighted by molar-refractivity contribution is 5.77. The highest BCUT2D eigenvalue weighted by Crippen LogP contribution is 2.66. The SMILES string of the molecule is COc1cccc(-c2ccc(COC3(C)C=C4C(=CC3)CCC[C@]43C[C@H]3C(=O)O)cc2[C@H](OC)C(C)(C)C)c1F. The first-order valence-corrected chi connectivity index (χ1v) is 14.2. The molecule has 1 unspecified atom stereocenters. The Labute approximate surface area is 237 Å². The summed E-state index contributed by atoms with van der Waals surface area (Å²) >= 11 is 0. The summed E-state index contributed by atoms with van der Waals surface area (Å²) in [6.07, 6.45) is 8.64. The number of hydrogen-bond acceptors (Lipinski definition) is 4. The number of carboxylic acid groups (broad SMARTS) is 1. The topological polar surface area (TPSA) is 65.0 Å². The third-order valence-corrected chi connectivity index (χ3v) is 8.99. The van der Waals surface area contributed by atoms with Crippen molar-refractivity contribution >= 4 is 5.97 Å². The van der Waals surface area contributed by atoms with E-state index in [1.165, 1.54) is 18.3 Å². The standard InChI is InChI=1S/C34H41FO5/c1-32(2,3)30(39-6)25-17-21(12-13-23(25)24-10-7-11-28(38-5)29(24)35)20-40-33(4)16-14-22-9-8-15-34(26(22)18-33)19-27(34)31(36)37/h7,10-14,17-18,27,30H,8-9,15-16,19-20H2,1-6H3,(H,36,37)/t27-,30-,33?,34-/m0/s1. The van der Waals surface area contributed by atoms with Crippen molar-refractivity contribution in [1.82, 2.24) is 0 Å². The second-order valence-corrected chi connectivity index (χ2v) is 12.9. The Bertz CT molecular complexity index is 1370. The molecule has 5 nitrogen and oxygen atoms in total. The van der Waals surface area contributed by atoms with Gasteiger partial charge in [-0.3, -0.25) is 4.79 Å². The summed E-state index contributed by atoms with van der Waals surface area (Å²) in [6.45, 7) is 8.78. The Kier molecular flexibility index (Phi) is 7.47. The maximum absolute atomic E-state index is 15.4. The van der Waals surface area contributed by atoms with E-state index in [0.717, 1.165) is 48.8 Å². The molecule has 214 valence electrons. The van der Waals surface area contributed by atoms with Gasteiger partial charge in [-0.25, -0.2) is 4.39 Å². The predicted octanol–water partition coefficient (Wildman–Crippen LogP) is 8.04. The molecular weight excluding hydrogens is 507 g/mol. The van der Waals surface area contributed by atoms with Crippen LogP contribution < -0.4 is 4.74 Å². The number of benzene rings is 2. The minimum atomic E-state index is -0.693. The van der Waals surface area contributed by atoms with E-state index in [9.17, 15) is 9.90 Å². The van der Waals surface area contributed by atoms with Gasteiger partial charge in [-0.2, -0.15) is 0 Å². The average molecular weight is 549 g/mol. The van der Waals surface area contributed by atoms with E-state index < -0.39 is 17.4 Å². The molecule has 1 N–H and O–H groups in total. The molecule has 2 aromatic carbocycles.